The fraction of sp³-hybridized carbons (Fsp3) is 0.667. The van der Waals surface area contributed by atoms with Crippen LogP contribution >= 0.6 is 11.3 Å². The molecule has 36 heavy (non-hydrogen) atoms. The maximum atomic E-state index is 13.2. The maximum absolute atomic E-state index is 13.2. The molecule has 1 saturated heterocycles. The highest BCUT2D eigenvalue weighted by Crippen LogP contribution is 2.33. The summed E-state index contributed by atoms with van der Waals surface area (Å²) >= 11 is 1.43. The number of aromatic nitrogens is 1. The van der Waals surface area contributed by atoms with Gasteiger partial charge in [-0.3, -0.25) is 9.59 Å². The number of thiazole rings is 1. The molecule has 9 heteroatoms. The zero-order valence-electron chi connectivity index (χ0n) is 22.1. The average Bonchev–Trinajstić information content (AvgIpc) is 3.28. The lowest BCUT2D eigenvalue weighted by Crippen LogP contribution is -2.45. The fourth-order valence-corrected chi connectivity index (χ4v) is 5.15. The molecule has 8 nitrogen and oxygen atoms in total. The van der Waals surface area contributed by atoms with Crippen molar-refractivity contribution in [2.75, 3.05) is 0 Å². The number of hydrogen-bond acceptors (Lipinski definition) is 9. The second-order valence-electron chi connectivity index (χ2n) is 10.6. The first-order chi connectivity index (χ1) is 16.8. The Morgan fingerprint density at radius 1 is 1.31 bits per heavy atom. The number of aliphatic hydroxyl groups excluding tert-OH is 3. The summed E-state index contributed by atoms with van der Waals surface area (Å²) in [5.41, 5.74) is 6.37. The number of esters is 1. The lowest BCUT2D eigenvalue weighted by atomic mass is 9.73. The number of nitrogens with two attached hydrogens (primary N) is 1. The third kappa shape index (κ3) is 7.79. The molecule has 2 heterocycles. The average molecular weight is 523 g/mol. The zero-order chi connectivity index (χ0) is 27.2. The highest BCUT2D eigenvalue weighted by Gasteiger charge is 2.42. The van der Waals surface area contributed by atoms with E-state index in [2.05, 4.69) is 11.6 Å². The minimum Gasteiger partial charge on any atom is -0.458 e. The summed E-state index contributed by atoms with van der Waals surface area (Å²) < 4.78 is 5.72. The molecule has 0 radical (unpaired) electrons. The standard InChI is InChI=1S/C27H42N2O6S/c1-15-8-7-9-16(2)25(33)18(4)26(34)27(5,6)22(31)12-24(32)35-21(11-20(15)30)17(3)10-19-14-36-23(13-28)29-19/h10,14,16,18,20-22,25,30-31,33H,1,7-9,11-13,28H2,2-6H3/b17-10+/t16-,18+,20-,21-,22-,25-/m0/s1. The number of nitrogens with zero attached hydrogens (tertiary/aromatic N) is 1. The van der Waals surface area contributed by atoms with Crippen molar-refractivity contribution in [3.63, 3.8) is 0 Å². The van der Waals surface area contributed by atoms with E-state index >= 15 is 0 Å². The minimum atomic E-state index is -1.30. The summed E-state index contributed by atoms with van der Waals surface area (Å²) in [6.07, 6.45) is -0.493. The van der Waals surface area contributed by atoms with E-state index in [0.29, 0.717) is 42.6 Å². The Morgan fingerprint density at radius 2 is 1.97 bits per heavy atom. The van der Waals surface area contributed by atoms with Crippen LogP contribution in [0.5, 0.6) is 0 Å². The topological polar surface area (TPSA) is 143 Å². The molecule has 1 aromatic rings. The van der Waals surface area contributed by atoms with Gasteiger partial charge in [0, 0.05) is 24.3 Å². The quantitative estimate of drug-likeness (QED) is 0.349. The van der Waals surface area contributed by atoms with Crippen molar-refractivity contribution in [1.82, 2.24) is 4.98 Å². The van der Waals surface area contributed by atoms with Crippen molar-refractivity contribution in [3.8, 4) is 0 Å². The van der Waals surface area contributed by atoms with E-state index in [4.69, 9.17) is 10.5 Å². The van der Waals surface area contributed by atoms with Gasteiger partial charge in [0.2, 0.25) is 0 Å². The van der Waals surface area contributed by atoms with Crippen molar-refractivity contribution in [1.29, 1.82) is 0 Å². The van der Waals surface area contributed by atoms with Gasteiger partial charge in [-0.25, -0.2) is 4.98 Å². The van der Waals surface area contributed by atoms with Crippen LogP contribution in [-0.4, -0.2) is 56.5 Å². The zero-order valence-corrected chi connectivity index (χ0v) is 22.9. The molecule has 1 aliphatic rings. The second-order valence-corrected chi connectivity index (χ2v) is 11.5. The van der Waals surface area contributed by atoms with Crippen LogP contribution in [-0.2, 0) is 20.9 Å². The van der Waals surface area contributed by atoms with Gasteiger partial charge in [0.25, 0.3) is 0 Å². The molecule has 0 unspecified atom stereocenters. The molecule has 0 aliphatic carbocycles. The minimum absolute atomic E-state index is 0.106. The predicted molar refractivity (Wildman–Crippen MR) is 141 cm³/mol. The molecule has 6 atom stereocenters. The number of aliphatic hydroxyl groups is 3. The van der Waals surface area contributed by atoms with Crippen LogP contribution in [0, 0.1) is 17.3 Å². The SMILES string of the molecule is C=C1CCC[C@H](C)[C@H](O)[C@@H](C)C(=O)C(C)(C)[C@@H](O)CC(=O)O[C@H](/C(C)=C/c2csc(CN)n2)C[C@@H]1O. The van der Waals surface area contributed by atoms with E-state index in [-0.39, 0.29) is 18.1 Å². The smallest absolute Gasteiger partial charge is 0.309 e. The van der Waals surface area contributed by atoms with E-state index in [1.807, 2.05) is 12.3 Å². The first-order valence-electron chi connectivity index (χ1n) is 12.6. The summed E-state index contributed by atoms with van der Waals surface area (Å²) in [6.45, 7) is 12.8. The number of cyclic esters (lactones) is 1. The third-order valence-corrected chi connectivity index (χ3v) is 8.19. The highest BCUT2D eigenvalue weighted by atomic mass is 32.1. The molecule has 0 aromatic carbocycles. The van der Waals surface area contributed by atoms with Gasteiger partial charge in [0.1, 0.15) is 16.9 Å². The Bertz CT molecular complexity index is 956. The summed E-state index contributed by atoms with van der Waals surface area (Å²) in [6, 6.07) is 0. The van der Waals surface area contributed by atoms with Gasteiger partial charge in [0.05, 0.1) is 35.8 Å². The molecule has 0 spiro atoms. The van der Waals surface area contributed by atoms with Crippen molar-refractivity contribution >= 4 is 29.2 Å². The molecular weight excluding hydrogens is 480 g/mol. The van der Waals surface area contributed by atoms with Crippen LogP contribution < -0.4 is 5.73 Å². The molecule has 1 aromatic heterocycles. The Labute approximate surface area is 218 Å². The van der Waals surface area contributed by atoms with Gasteiger partial charge >= 0.3 is 5.97 Å². The molecular formula is C27H42N2O6S. The van der Waals surface area contributed by atoms with Gasteiger partial charge in [-0.15, -0.1) is 11.3 Å². The number of carbonyl (C=O) groups is 2. The molecule has 2 rings (SSSR count). The van der Waals surface area contributed by atoms with Crippen molar-refractivity contribution in [2.24, 2.45) is 23.0 Å². The van der Waals surface area contributed by atoms with Crippen LogP contribution in [0.2, 0.25) is 0 Å². The normalized spacial score (nSPS) is 31.8. The number of carbonyl (C=O) groups excluding carboxylic acids is 2. The summed E-state index contributed by atoms with van der Waals surface area (Å²) in [5.74, 6) is -1.86. The van der Waals surface area contributed by atoms with E-state index in [9.17, 15) is 24.9 Å². The Hall–Kier alpha value is -1.91. The van der Waals surface area contributed by atoms with E-state index in [0.717, 1.165) is 5.01 Å². The van der Waals surface area contributed by atoms with Gasteiger partial charge in [-0.2, -0.15) is 0 Å². The lowest BCUT2D eigenvalue weighted by Gasteiger charge is -2.34. The molecule has 0 amide bonds. The van der Waals surface area contributed by atoms with Crippen LogP contribution in [0.4, 0.5) is 0 Å². The number of rotatable bonds is 3. The van der Waals surface area contributed by atoms with Gasteiger partial charge in [-0.1, -0.05) is 34.3 Å². The first kappa shape index (κ1) is 30.3. The summed E-state index contributed by atoms with van der Waals surface area (Å²) in [5, 5.41) is 35.1. The predicted octanol–water partition coefficient (Wildman–Crippen LogP) is 3.39. The number of ether oxygens (including phenoxy) is 1. The maximum Gasteiger partial charge on any atom is 0.309 e. The number of Topliss-reactive ketones (excluding diaryl/α,β-unsaturated/α-hetero) is 1. The summed E-state index contributed by atoms with van der Waals surface area (Å²) in [7, 11) is 0. The second kappa shape index (κ2) is 13.1. The highest BCUT2D eigenvalue weighted by molar-refractivity contribution is 7.09. The van der Waals surface area contributed by atoms with Gasteiger partial charge in [0.15, 0.2) is 0 Å². The van der Waals surface area contributed by atoms with Gasteiger partial charge < -0.3 is 25.8 Å². The number of ketones is 1. The molecule has 1 aliphatic heterocycles. The monoisotopic (exact) mass is 522 g/mol. The third-order valence-electron chi connectivity index (χ3n) is 7.30. The summed E-state index contributed by atoms with van der Waals surface area (Å²) in [4.78, 5) is 30.5. The fourth-order valence-electron chi connectivity index (χ4n) is 4.51. The van der Waals surface area contributed by atoms with Crippen molar-refractivity contribution in [3.05, 3.63) is 33.8 Å². The Morgan fingerprint density at radius 3 is 2.58 bits per heavy atom. The molecule has 0 bridgehead atoms. The van der Waals surface area contributed by atoms with E-state index < -0.39 is 48.1 Å². The van der Waals surface area contributed by atoms with Crippen molar-refractivity contribution in [2.45, 2.75) is 97.7 Å². The van der Waals surface area contributed by atoms with Crippen LogP contribution in [0.3, 0.4) is 0 Å². The van der Waals surface area contributed by atoms with Gasteiger partial charge in [-0.05, 0) is 49.3 Å². The first-order valence-corrected chi connectivity index (χ1v) is 13.4. The molecule has 5 N–H and O–H groups in total. The molecule has 0 saturated carbocycles. The van der Waals surface area contributed by atoms with E-state index in [1.54, 1.807) is 33.8 Å². The van der Waals surface area contributed by atoms with Crippen LogP contribution in [0.1, 0.15) is 77.4 Å². The van der Waals surface area contributed by atoms with Crippen molar-refractivity contribution < 1.29 is 29.6 Å². The van der Waals surface area contributed by atoms with Crippen LogP contribution in [0.15, 0.2) is 23.1 Å². The Balaban J connectivity index is 2.34. The Kier molecular flexibility index (Phi) is 11.0. The van der Waals surface area contributed by atoms with E-state index in [1.165, 1.54) is 11.3 Å². The molecule has 202 valence electrons. The molecule has 1 fully saturated rings. The number of hydrogen-bond donors (Lipinski definition) is 4. The van der Waals surface area contributed by atoms with Crippen LogP contribution in [0.25, 0.3) is 6.08 Å². The largest absolute Gasteiger partial charge is 0.458 e. The lowest BCUT2D eigenvalue weighted by molar-refractivity contribution is -0.155.